The number of nitrogens with zero attached hydrogens (tertiary/aromatic N) is 4. The van der Waals surface area contributed by atoms with Gasteiger partial charge in [0.1, 0.15) is 0 Å². The van der Waals surface area contributed by atoms with Gasteiger partial charge in [0.25, 0.3) is 0 Å². The second-order valence-corrected chi connectivity index (χ2v) is 6.13. The molecule has 6 nitrogen and oxygen atoms in total. The third kappa shape index (κ3) is 3.70. The molecule has 2 fully saturated rings. The van der Waals surface area contributed by atoms with Crippen LogP contribution in [0.15, 0.2) is 12.1 Å². The SMILES string of the molecule is Cc1ccc(N2CCN(CC3(O)CCOCC3)CC2)nn1. The molecule has 2 aliphatic heterocycles. The van der Waals surface area contributed by atoms with E-state index in [1.54, 1.807) is 0 Å². The minimum atomic E-state index is -0.565. The Labute approximate surface area is 125 Å². The predicted molar refractivity (Wildman–Crippen MR) is 80.4 cm³/mol. The molecule has 0 aromatic carbocycles. The first kappa shape index (κ1) is 14.7. The van der Waals surface area contributed by atoms with E-state index < -0.39 is 5.60 Å². The van der Waals surface area contributed by atoms with E-state index in [1.165, 1.54) is 0 Å². The van der Waals surface area contributed by atoms with Gasteiger partial charge in [-0.25, -0.2) is 0 Å². The van der Waals surface area contributed by atoms with Crippen molar-refractivity contribution in [2.45, 2.75) is 25.4 Å². The lowest BCUT2D eigenvalue weighted by Crippen LogP contribution is -2.53. The molecule has 2 aliphatic rings. The Balaban J connectivity index is 1.51. The molecule has 0 saturated carbocycles. The predicted octanol–water partition coefficient (Wildman–Crippen LogP) is 0.449. The number of anilines is 1. The van der Waals surface area contributed by atoms with Gasteiger partial charge in [-0.2, -0.15) is 5.10 Å². The minimum Gasteiger partial charge on any atom is -0.388 e. The smallest absolute Gasteiger partial charge is 0.151 e. The van der Waals surface area contributed by atoms with Gasteiger partial charge in [0.2, 0.25) is 0 Å². The molecule has 0 spiro atoms. The average molecular weight is 292 g/mol. The van der Waals surface area contributed by atoms with Gasteiger partial charge in [0, 0.05) is 58.8 Å². The van der Waals surface area contributed by atoms with Gasteiger partial charge >= 0.3 is 0 Å². The molecular formula is C15H24N4O2. The topological polar surface area (TPSA) is 61.7 Å². The number of piperazine rings is 1. The van der Waals surface area contributed by atoms with Crippen molar-refractivity contribution in [1.82, 2.24) is 15.1 Å². The molecule has 0 unspecified atom stereocenters. The van der Waals surface area contributed by atoms with Crippen LogP contribution < -0.4 is 4.90 Å². The summed E-state index contributed by atoms with van der Waals surface area (Å²) in [7, 11) is 0. The lowest BCUT2D eigenvalue weighted by atomic mass is 9.93. The fourth-order valence-corrected chi connectivity index (χ4v) is 3.02. The zero-order valence-electron chi connectivity index (χ0n) is 12.7. The maximum atomic E-state index is 10.6. The average Bonchev–Trinajstić information content (AvgIpc) is 2.49. The molecule has 1 N–H and O–H groups in total. The highest BCUT2D eigenvalue weighted by Gasteiger charge is 2.33. The molecule has 6 heteroatoms. The molecule has 2 saturated heterocycles. The summed E-state index contributed by atoms with van der Waals surface area (Å²) < 4.78 is 5.34. The lowest BCUT2D eigenvalue weighted by Gasteiger charge is -2.41. The molecule has 1 aromatic rings. The Hall–Kier alpha value is -1.24. The van der Waals surface area contributed by atoms with Crippen molar-refractivity contribution in [3.8, 4) is 0 Å². The molecule has 21 heavy (non-hydrogen) atoms. The first-order valence-corrected chi connectivity index (χ1v) is 7.72. The standard InChI is InChI=1S/C15H24N4O2/c1-13-2-3-14(17-16-13)19-8-6-18(7-9-19)12-15(20)4-10-21-11-5-15/h2-3,20H,4-12H2,1H3. The van der Waals surface area contributed by atoms with Crippen molar-refractivity contribution in [2.24, 2.45) is 0 Å². The summed E-state index contributed by atoms with van der Waals surface area (Å²) >= 11 is 0. The van der Waals surface area contributed by atoms with Crippen molar-refractivity contribution in [3.05, 3.63) is 17.8 Å². The van der Waals surface area contributed by atoms with Crippen molar-refractivity contribution in [1.29, 1.82) is 0 Å². The van der Waals surface area contributed by atoms with Crippen LogP contribution in [0.5, 0.6) is 0 Å². The summed E-state index contributed by atoms with van der Waals surface area (Å²) in [5.74, 6) is 0.949. The summed E-state index contributed by atoms with van der Waals surface area (Å²) in [6, 6.07) is 4.03. The fourth-order valence-electron chi connectivity index (χ4n) is 3.02. The first-order chi connectivity index (χ1) is 10.1. The van der Waals surface area contributed by atoms with Gasteiger partial charge < -0.3 is 14.7 Å². The quantitative estimate of drug-likeness (QED) is 0.873. The maximum Gasteiger partial charge on any atom is 0.151 e. The number of rotatable bonds is 3. The summed E-state index contributed by atoms with van der Waals surface area (Å²) in [6.45, 7) is 7.84. The van der Waals surface area contributed by atoms with E-state index >= 15 is 0 Å². The van der Waals surface area contributed by atoms with Gasteiger partial charge in [0.15, 0.2) is 5.82 Å². The molecule has 1 aromatic heterocycles. The zero-order chi connectivity index (χ0) is 14.7. The Kier molecular flexibility index (Phi) is 4.37. The Morgan fingerprint density at radius 2 is 1.86 bits per heavy atom. The van der Waals surface area contributed by atoms with Crippen LogP contribution in [0.2, 0.25) is 0 Å². The molecule has 0 radical (unpaired) electrons. The molecule has 0 bridgehead atoms. The Morgan fingerprint density at radius 3 is 2.48 bits per heavy atom. The van der Waals surface area contributed by atoms with Crippen LogP contribution in [0.25, 0.3) is 0 Å². The Bertz CT molecular complexity index is 451. The largest absolute Gasteiger partial charge is 0.388 e. The third-order valence-corrected chi connectivity index (χ3v) is 4.42. The van der Waals surface area contributed by atoms with Crippen molar-refractivity contribution < 1.29 is 9.84 Å². The monoisotopic (exact) mass is 292 g/mol. The molecule has 0 atom stereocenters. The number of aliphatic hydroxyl groups is 1. The van der Waals surface area contributed by atoms with E-state index in [2.05, 4.69) is 20.0 Å². The van der Waals surface area contributed by atoms with E-state index in [1.807, 2.05) is 19.1 Å². The molecule has 0 aliphatic carbocycles. The number of β-amino-alcohol motifs (C(OH)–C–C–N with tert-alkyl or cyclic N) is 1. The molecule has 0 amide bonds. The third-order valence-electron chi connectivity index (χ3n) is 4.42. The van der Waals surface area contributed by atoms with Gasteiger partial charge in [-0.15, -0.1) is 5.10 Å². The second-order valence-electron chi connectivity index (χ2n) is 6.13. The van der Waals surface area contributed by atoms with Crippen LogP contribution in [0.1, 0.15) is 18.5 Å². The molecule has 116 valence electrons. The van der Waals surface area contributed by atoms with Gasteiger partial charge in [-0.05, 0) is 19.1 Å². The van der Waals surface area contributed by atoms with E-state index in [-0.39, 0.29) is 0 Å². The van der Waals surface area contributed by atoms with Crippen molar-refractivity contribution in [3.63, 3.8) is 0 Å². The normalized spacial score (nSPS) is 23.2. The maximum absolute atomic E-state index is 10.6. The van der Waals surface area contributed by atoms with Crippen LogP contribution >= 0.6 is 0 Å². The van der Waals surface area contributed by atoms with Crippen LogP contribution in [-0.2, 0) is 4.74 Å². The Morgan fingerprint density at radius 1 is 1.14 bits per heavy atom. The number of hydrogen-bond donors (Lipinski definition) is 1. The first-order valence-electron chi connectivity index (χ1n) is 7.72. The fraction of sp³-hybridized carbons (Fsp3) is 0.733. The van der Waals surface area contributed by atoms with E-state index in [0.717, 1.165) is 57.1 Å². The van der Waals surface area contributed by atoms with Gasteiger partial charge in [0.05, 0.1) is 11.3 Å². The van der Waals surface area contributed by atoms with E-state index in [0.29, 0.717) is 13.2 Å². The number of ether oxygens (including phenoxy) is 1. The van der Waals surface area contributed by atoms with Gasteiger partial charge in [-0.3, -0.25) is 4.90 Å². The number of aryl methyl sites for hydroxylation is 1. The van der Waals surface area contributed by atoms with Gasteiger partial charge in [-0.1, -0.05) is 0 Å². The summed E-state index contributed by atoms with van der Waals surface area (Å²) in [5.41, 5.74) is 0.378. The highest BCUT2D eigenvalue weighted by molar-refractivity contribution is 5.37. The lowest BCUT2D eigenvalue weighted by molar-refractivity contribution is -0.0802. The number of hydrogen-bond acceptors (Lipinski definition) is 6. The highest BCUT2D eigenvalue weighted by Crippen LogP contribution is 2.23. The molecule has 3 rings (SSSR count). The van der Waals surface area contributed by atoms with Crippen LogP contribution in [0.3, 0.4) is 0 Å². The molecular weight excluding hydrogens is 268 g/mol. The van der Waals surface area contributed by atoms with Crippen molar-refractivity contribution in [2.75, 3.05) is 50.8 Å². The minimum absolute atomic E-state index is 0.565. The summed E-state index contributed by atoms with van der Waals surface area (Å²) in [6.07, 6.45) is 1.49. The highest BCUT2D eigenvalue weighted by atomic mass is 16.5. The van der Waals surface area contributed by atoms with Crippen LogP contribution in [-0.4, -0.2) is 71.7 Å². The molecule has 3 heterocycles. The summed E-state index contributed by atoms with van der Waals surface area (Å²) in [4.78, 5) is 4.61. The van der Waals surface area contributed by atoms with Crippen LogP contribution in [0.4, 0.5) is 5.82 Å². The van der Waals surface area contributed by atoms with E-state index in [9.17, 15) is 5.11 Å². The van der Waals surface area contributed by atoms with Crippen LogP contribution in [0, 0.1) is 6.92 Å². The van der Waals surface area contributed by atoms with Crippen molar-refractivity contribution >= 4 is 5.82 Å². The van der Waals surface area contributed by atoms with E-state index in [4.69, 9.17) is 4.74 Å². The zero-order valence-corrected chi connectivity index (χ0v) is 12.7. The summed E-state index contributed by atoms with van der Waals surface area (Å²) in [5, 5.41) is 18.9. The number of aromatic nitrogens is 2. The second kappa shape index (κ2) is 6.25.